The molecule has 5 nitrogen and oxygen atoms in total. The maximum Gasteiger partial charge on any atom is 0.225 e. The predicted octanol–water partition coefficient (Wildman–Crippen LogP) is 1.04. The van der Waals surface area contributed by atoms with Gasteiger partial charge in [0.25, 0.3) is 0 Å². The van der Waals surface area contributed by atoms with Gasteiger partial charge in [0.05, 0.1) is 5.92 Å². The van der Waals surface area contributed by atoms with Crippen molar-refractivity contribution in [1.82, 2.24) is 5.32 Å². The van der Waals surface area contributed by atoms with Crippen LogP contribution in [0.5, 0.6) is 0 Å². The summed E-state index contributed by atoms with van der Waals surface area (Å²) in [6, 6.07) is 8.15. The first-order valence-electron chi connectivity index (χ1n) is 6.98. The van der Waals surface area contributed by atoms with E-state index >= 15 is 0 Å². The molecule has 0 spiro atoms. The Morgan fingerprint density at radius 1 is 1.40 bits per heavy atom. The van der Waals surface area contributed by atoms with Crippen molar-refractivity contribution in [2.45, 2.75) is 32.2 Å². The van der Waals surface area contributed by atoms with Crippen molar-refractivity contribution in [2.24, 2.45) is 11.7 Å². The van der Waals surface area contributed by atoms with Crippen LogP contribution in [0, 0.1) is 5.92 Å². The summed E-state index contributed by atoms with van der Waals surface area (Å²) in [5.41, 5.74) is 7.34. The maximum absolute atomic E-state index is 12.2. The zero-order valence-corrected chi connectivity index (χ0v) is 11.7. The summed E-state index contributed by atoms with van der Waals surface area (Å²) in [4.78, 5) is 22.8. The van der Waals surface area contributed by atoms with Gasteiger partial charge in [-0.1, -0.05) is 18.2 Å². The summed E-state index contributed by atoms with van der Waals surface area (Å²) in [6.07, 6.45) is 1.64. The lowest BCUT2D eigenvalue weighted by atomic mass is 9.87. The van der Waals surface area contributed by atoms with Gasteiger partial charge < -0.3 is 16.4 Å². The molecule has 0 bridgehead atoms. The number of para-hydroxylation sites is 1. The summed E-state index contributed by atoms with van der Waals surface area (Å²) < 4.78 is 0. The van der Waals surface area contributed by atoms with Gasteiger partial charge in [-0.15, -0.1) is 0 Å². The van der Waals surface area contributed by atoms with Crippen LogP contribution in [0.1, 0.15) is 25.3 Å². The van der Waals surface area contributed by atoms with Gasteiger partial charge in [-0.25, -0.2) is 0 Å². The molecule has 0 aliphatic carbocycles. The molecule has 0 fully saturated rings. The highest BCUT2D eigenvalue weighted by Crippen LogP contribution is 2.28. The number of carbonyl (C=O) groups excluding carboxylic acids is 2. The largest absolute Gasteiger partial charge is 0.382 e. The maximum atomic E-state index is 12.2. The molecule has 20 heavy (non-hydrogen) atoms. The van der Waals surface area contributed by atoms with Gasteiger partial charge in [0.1, 0.15) is 0 Å². The van der Waals surface area contributed by atoms with Crippen LogP contribution in [-0.4, -0.2) is 24.4 Å². The van der Waals surface area contributed by atoms with Crippen molar-refractivity contribution < 1.29 is 9.59 Å². The SMILES string of the molecule is CC1Nc2ccccc2CC1C(=O)NCCCC(N)=O. The van der Waals surface area contributed by atoms with Crippen LogP contribution in [0.15, 0.2) is 24.3 Å². The van der Waals surface area contributed by atoms with Crippen molar-refractivity contribution in [3.05, 3.63) is 29.8 Å². The van der Waals surface area contributed by atoms with Gasteiger partial charge >= 0.3 is 0 Å². The second-order valence-corrected chi connectivity index (χ2v) is 5.26. The molecular weight excluding hydrogens is 254 g/mol. The van der Waals surface area contributed by atoms with Gasteiger partial charge in [-0.3, -0.25) is 9.59 Å². The standard InChI is InChI=1S/C15H21N3O2/c1-10-12(15(20)17-8-4-7-14(16)19)9-11-5-2-3-6-13(11)18-10/h2-3,5-6,10,12,18H,4,7-9H2,1H3,(H2,16,19)(H,17,20). The van der Waals surface area contributed by atoms with E-state index in [-0.39, 0.29) is 23.8 Å². The lowest BCUT2D eigenvalue weighted by Crippen LogP contribution is -2.43. The minimum absolute atomic E-state index is 0.0315. The first-order valence-corrected chi connectivity index (χ1v) is 6.98. The molecule has 0 saturated carbocycles. The van der Waals surface area contributed by atoms with Gasteiger partial charge in [-0.2, -0.15) is 0 Å². The summed E-state index contributed by atoms with van der Waals surface area (Å²) in [5.74, 6) is -0.386. The molecule has 2 unspecified atom stereocenters. The molecule has 1 aliphatic heterocycles. The van der Waals surface area contributed by atoms with Gasteiger partial charge in [-0.05, 0) is 31.4 Å². The summed E-state index contributed by atoms with van der Waals surface area (Å²) in [5, 5.41) is 6.25. The third-order valence-electron chi connectivity index (χ3n) is 3.68. The zero-order valence-electron chi connectivity index (χ0n) is 11.7. The number of carbonyl (C=O) groups is 2. The summed E-state index contributed by atoms with van der Waals surface area (Å²) >= 11 is 0. The van der Waals surface area contributed by atoms with Crippen molar-refractivity contribution in [3.63, 3.8) is 0 Å². The second kappa shape index (κ2) is 6.41. The average molecular weight is 275 g/mol. The van der Waals surface area contributed by atoms with E-state index < -0.39 is 0 Å². The fourth-order valence-electron chi connectivity index (χ4n) is 2.52. The van der Waals surface area contributed by atoms with Crippen LogP contribution < -0.4 is 16.4 Å². The Kier molecular flexibility index (Phi) is 4.61. The van der Waals surface area contributed by atoms with Crippen molar-refractivity contribution >= 4 is 17.5 Å². The fraction of sp³-hybridized carbons (Fsp3) is 0.467. The molecule has 2 rings (SSSR count). The van der Waals surface area contributed by atoms with E-state index in [1.165, 1.54) is 5.56 Å². The summed E-state index contributed by atoms with van der Waals surface area (Å²) in [7, 11) is 0. The molecule has 1 aromatic carbocycles. The van der Waals surface area contributed by atoms with E-state index in [2.05, 4.69) is 10.6 Å². The smallest absolute Gasteiger partial charge is 0.225 e. The van der Waals surface area contributed by atoms with Crippen molar-refractivity contribution in [3.8, 4) is 0 Å². The van der Waals surface area contributed by atoms with Crippen LogP contribution in [0.3, 0.4) is 0 Å². The normalized spacial score (nSPS) is 20.6. The molecule has 1 aromatic rings. The van der Waals surface area contributed by atoms with Crippen LogP contribution in [0.25, 0.3) is 0 Å². The number of hydrogen-bond acceptors (Lipinski definition) is 3. The molecule has 1 aliphatic rings. The third-order valence-corrected chi connectivity index (χ3v) is 3.68. The molecule has 0 aromatic heterocycles. The highest BCUT2D eigenvalue weighted by Gasteiger charge is 2.29. The number of benzene rings is 1. The molecule has 0 radical (unpaired) electrons. The van der Waals surface area contributed by atoms with Gasteiger partial charge in [0.15, 0.2) is 0 Å². The molecular formula is C15H21N3O2. The van der Waals surface area contributed by atoms with E-state index in [4.69, 9.17) is 5.73 Å². The minimum Gasteiger partial charge on any atom is -0.382 e. The highest BCUT2D eigenvalue weighted by atomic mass is 16.2. The predicted molar refractivity (Wildman–Crippen MR) is 78.2 cm³/mol. The van der Waals surface area contributed by atoms with E-state index in [0.29, 0.717) is 19.4 Å². The lowest BCUT2D eigenvalue weighted by Gasteiger charge is -2.31. The van der Waals surface area contributed by atoms with Crippen molar-refractivity contribution in [1.29, 1.82) is 0 Å². The molecule has 2 amide bonds. The molecule has 5 heteroatoms. The molecule has 1 heterocycles. The van der Waals surface area contributed by atoms with E-state index in [1.807, 2.05) is 31.2 Å². The van der Waals surface area contributed by atoms with E-state index in [0.717, 1.165) is 12.1 Å². The molecule has 2 atom stereocenters. The minimum atomic E-state index is -0.333. The number of nitrogens with two attached hydrogens (primary N) is 1. The third kappa shape index (κ3) is 3.50. The lowest BCUT2D eigenvalue weighted by molar-refractivity contribution is -0.125. The number of nitrogens with one attached hydrogen (secondary N) is 2. The molecule has 4 N–H and O–H groups in total. The molecule has 0 saturated heterocycles. The monoisotopic (exact) mass is 275 g/mol. The number of fused-ring (bicyclic) bond motifs is 1. The van der Waals surface area contributed by atoms with Crippen LogP contribution in [-0.2, 0) is 16.0 Å². The second-order valence-electron chi connectivity index (χ2n) is 5.26. The number of rotatable bonds is 5. The first kappa shape index (κ1) is 14.4. The van der Waals surface area contributed by atoms with Crippen LogP contribution in [0.2, 0.25) is 0 Å². The number of amides is 2. The van der Waals surface area contributed by atoms with E-state index in [9.17, 15) is 9.59 Å². The topological polar surface area (TPSA) is 84.2 Å². The van der Waals surface area contributed by atoms with Crippen molar-refractivity contribution in [2.75, 3.05) is 11.9 Å². The quantitative estimate of drug-likeness (QED) is 0.702. The Morgan fingerprint density at radius 2 is 2.15 bits per heavy atom. The average Bonchev–Trinajstić information content (AvgIpc) is 2.42. The van der Waals surface area contributed by atoms with E-state index in [1.54, 1.807) is 0 Å². The molecule has 108 valence electrons. The Balaban J connectivity index is 1.89. The first-order chi connectivity index (χ1) is 9.58. The Labute approximate surface area is 118 Å². The van der Waals surface area contributed by atoms with Gasteiger partial charge in [0.2, 0.25) is 11.8 Å². The Hall–Kier alpha value is -2.04. The van der Waals surface area contributed by atoms with Crippen LogP contribution >= 0.6 is 0 Å². The highest BCUT2D eigenvalue weighted by molar-refractivity contribution is 5.81. The Morgan fingerprint density at radius 3 is 2.90 bits per heavy atom. The zero-order chi connectivity index (χ0) is 14.5. The number of hydrogen-bond donors (Lipinski definition) is 3. The van der Waals surface area contributed by atoms with Gasteiger partial charge in [0, 0.05) is 24.7 Å². The number of anilines is 1. The van der Waals surface area contributed by atoms with Crippen LogP contribution in [0.4, 0.5) is 5.69 Å². The summed E-state index contributed by atoms with van der Waals surface area (Å²) in [6.45, 7) is 2.51. The fourth-order valence-corrected chi connectivity index (χ4v) is 2.52. The Bertz CT molecular complexity index is 502. The number of primary amides is 1.